The highest BCUT2D eigenvalue weighted by atomic mass is 16.2. The van der Waals surface area contributed by atoms with Crippen molar-refractivity contribution >= 4 is 17.6 Å². The van der Waals surface area contributed by atoms with Crippen molar-refractivity contribution in [1.29, 1.82) is 0 Å². The average Bonchev–Trinajstić information content (AvgIpc) is 3.42. The third-order valence-electron chi connectivity index (χ3n) is 5.74. The summed E-state index contributed by atoms with van der Waals surface area (Å²) in [7, 11) is 0. The number of anilines is 1. The second kappa shape index (κ2) is 8.08. The van der Waals surface area contributed by atoms with Gasteiger partial charge in [0.2, 0.25) is 11.7 Å². The molecule has 2 aromatic rings. The van der Waals surface area contributed by atoms with E-state index >= 15 is 0 Å². The first-order valence-electron chi connectivity index (χ1n) is 10.1. The summed E-state index contributed by atoms with van der Waals surface area (Å²) in [5.41, 5.74) is 0.879. The smallest absolute Gasteiger partial charge is 0.289 e. The predicted molar refractivity (Wildman–Crippen MR) is 104 cm³/mol. The number of aryl methyl sites for hydroxylation is 1. The van der Waals surface area contributed by atoms with Gasteiger partial charge in [-0.3, -0.25) is 14.7 Å². The summed E-state index contributed by atoms with van der Waals surface area (Å²) < 4.78 is 0. The molecule has 0 aromatic carbocycles. The van der Waals surface area contributed by atoms with E-state index in [0.29, 0.717) is 5.82 Å². The zero-order valence-corrected chi connectivity index (χ0v) is 15.9. The molecule has 2 aliphatic rings. The second-order valence-electron chi connectivity index (χ2n) is 7.94. The highest BCUT2D eigenvalue weighted by molar-refractivity contribution is 5.93. The van der Waals surface area contributed by atoms with Gasteiger partial charge in [0.15, 0.2) is 0 Å². The highest BCUT2D eigenvalue weighted by Gasteiger charge is 2.34. The van der Waals surface area contributed by atoms with E-state index in [2.05, 4.69) is 30.8 Å². The standard InChI is InChI=1S/C20H26N6O2/c27-18(15-5-6-15)24-16-7-4-14(12-21-16)8-11-20(9-2-1-3-10-20)25-19(28)17-22-13-23-26-17/h4,7,12-13,15H,1-3,5-6,8-11H2,(H,25,28)(H,21,24,27)(H,22,23,26). The van der Waals surface area contributed by atoms with Crippen molar-refractivity contribution in [3.63, 3.8) is 0 Å². The number of carbonyl (C=O) groups is 2. The van der Waals surface area contributed by atoms with E-state index in [1.165, 1.54) is 12.7 Å². The SMILES string of the molecule is O=C(NC1(CCc2ccc(NC(=O)C3CC3)nc2)CCCCC1)c1ncn[nH]1. The Morgan fingerprint density at radius 2 is 1.96 bits per heavy atom. The number of nitrogens with one attached hydrogen (secondary N) is 3. The molecule has 28 heavy (non-hydrogen) atoms. The molecule has 0 unspecified atom stereocenters. The molecule has 8 nitrogen and oxygen atoms in total. The Balaban J connectivity index is 1.37. The topological polar surface area (TPSA) is 113 Å². The van der Waals surface area contributed by atoms with Crippen LogP contribution in [0.25, 0.3) is 0 Å². The molecule has 2 aliphatic carbocycles. The van der Waals surface area contributed by atoms with E-state index in [-0.39, 0.29) is 29.1 Å². The van der Waals surface area contributed by atoms with Crippen molar-refractivity contribution in [2.45, 2.75) is 63.3 Å². The fourth-order valence-corrected chi connectivity index (χ4v) is 3.88. The van der Waals surface area contributed by atoms with Gasteiger partial charge in [0.1, 0.15) is 12.1 Å². The Bertz CT molecular complexity index is 808. The summed E-state index contributed by atoms with van der Waals surface area (Å²) in [5, 5.41) is 12.5. The van der Waals surface area contributed by atoms with Crippen LogP contribution in [0.1, 0.15) is 67.5 Å². The van der Waals surface area contributed by atoms with Gasteiger partial charge in [0.25, 0.3) is 5.91 Å². The predicted octanol–water partition coefficient (Wildman–Crippen LogP) is 2.61. The lowest BCUT2D eigenvalue weighted by Gasteiger charge is -2.38. The van der Waals surface area contributed by atoms with E-state index in [1.54, 1.807) is 0 Å². The first-order valence-corrected chi connectivity index (χ1v) is 10.1. The zero-order chi connectivity index (χ0) is 19.4. The van der Waals surface area contributed by atoms with Crippen molar-refractivity contribution in [2.24, 2.45) is 5.92 Å². The summed E-state index contributed by atoms with van der Waals surface area (Å²) >= 11 is 0. The summed E-state index contributed by atoms with van der Waals surface area (Å²) in [4.78, 5) is 32.7. The van der Waals surface area contributed by atoms with Crippen LogP contribution in [0.3, 0.4) is 0 Å². The molecule has 3 N–H and O–H groups in total. The number of aromatic amines is 1. The van der Waals surface area contributed by atoms with Crippen LogP contribution in [-0.2, 0) is 11.2 Å². The molecule has 2 aromatic heterocycles. The number of aromatic nitrogens is 4. The van der Waals surface area contributed by atoms with Crippen LogP contribution < -0.4 is 10.6 Å². The molecule has 0 saturated heterocycles. The lowest BCUT2D eigenvalue weighted by atomic mass is 9.78. The molecular formula is C20H26N6O2. The summed E-state index contributed by atoms with van der Waals surface area (Å²) in [6, 6.07) is 3.86. The number of hydrogen-bond acceptors (Lipinski definition) is 5. The van der Waals surface area contributed by atoms with E-state index in [0.717, 1.165) is 56.9 Å². The number of H-pyrrole nitrogens is 1. The maximum absolute atomic E-state index is 12.5. The molecule has 0 bridgehead atoms. The van der Waals surface area contributed by atoms with Crippen LogP contribution in [-0.4, -0.2) is 37.5 Å². The van der Waals surface area contributed by atoms with Gasteiger partial charge in [-0.2, -0.15) is 5.10 Å². The Labute approximate surface area is 163 Å². The Hall–Kier alpha value is -2.77. The Morgan fingerprint density at radius 1 is 1.14 bits per heavy atom. The van der Waals surface area contributed by atoms with Crippen LogP contribution in [0.4, 0.5) is 5.82 Å². The quantitative estimate of drug-likeness (QED) is 0.681. The van der Waals surface area contributed by atoms with Crippen LogP contribution >= 0.6 is 0 Å². The highest BCUT2D eigenvalue weighted by Crippen LogP contribution is 2.33. The largest absolute Gasteiger partial charge is 0.344 e. The van der Waals surface area contributed by atoms with Gasteiger partial charge < -0.3 is 10.6 Å². The van der Waals surface area contributed by atoms with Crippen LogP contribution in [0, 0.1) is 5.92 Å². The molecule has 2 amide bonds. The third-order valence-corrected chi connectivity index (χ3v) is 5.74. The lowest BCUT2D eigenvalue weighted by molar-refractivity contribution is -0.117. The van der Waals surface area contributed by atoms with Crippen molar-refractivity contribution in [1.82, 2.24) is 25.5 Å². The normalized spacial score (nSPS) is 18.4. The molecule has 8 heteroatoms. The van der Waals surface area contributed by atoms with Crippen LogP contribution in [0.2, 0.25) is 0 Å². The number of pyridine rings is 1. The zero-order valence-electron chi connectivity index (χ0n) is 15.9. The van der Waals surface area contributed by atoms with Crippen molar-refractivity contribution in [3.05, 3.63) is 36.0 Å². The van der Waals surface area contributed by atoms with E-state index in [4.69, 9.17) is 0 Å². The monoisotopic (exact) mass is 382 g/mol. The number of amides is 2. The van der Waals surface area contributed by atoms with Crippen molar-refractivity contribution in [2.75, 3.05) is 5.32 Å². The fraction of sp³-hybridized carbons (Fsp3) is 0.550. The molecular weight excluding hydrogens is 356 g/mol. The summed E-state index contributed by atoms with van der Waals surface area (Å²) in [6.45, 7) is 0. The molecule has 2 saturated carbocycles. The molecule has 148 valence electrons. The van der Waals surface area contributed by atoms with Crippen molar-refractivity contribution in [3.8, 4) is 0 Å². The molecule has 0 spiro atoms. The van der Waals surface area contributed by atoms with Gasteiger partial charge in [-0.1, -0.05) is 25.3 Å². The second-order valence-corrected chi connectivity index (χ2v) is 7.94. The third kappa shape index (κ3) is 4.55. The molecule has 4 rings (SSSR count). The first kappa shape index (κ1) is 18.6. The molecule has 2 heterocycles. The maximum atomic E-state index is 12.5. The van der Waals surface area contributed by atoms with Gasteiger partial charge in [-0.25, -0.2) is 9.97 Å². The van der Waals surface area contributed by atoms with Gasteiger partial charge in [0.05, 0.1) is 0 Å². The minimum atomic E-state index is -0.221. The van der Waals surface area contributed by atoms with Gasteiger partial charge in [-0.05, 0) is 50.2 Å². The number of hydrogen-bond donors (Lipinski definition) is 3. The van der Waals surface area contributed by atoms with Gasteiger partial charge in [-0.15, -0.1) is 0 Å². The van der Waals surface area contributed by atoms with E-state index in [1.807, 2.05) is 18.3 Å². The first-order chi connectivity index (χ1) is 13.6. The van der Waals surface area contributed by atoms with Gasteiger partial charge in [0, 0.05) is 17.7 Å². The molecule has 0 radical (unpaired) electrons. The molecule has 0 aliphatic heterocycles. The number of nitrogens with zero attached hydrogens (tertiary/aromatic N) is 3. The summed E-state index contributed by atoms with van der Waals surface area (Å²) in [5.74, 6) is 0.891. The summed E-state index contributed by atoms with van der Waals surface area (Å²) in [6.07, 6.45) is 12.2. The minimum Gasteiger partial charge on any atom is -0.344 e. The lowest BCUT2D eigenvalue weighted by Crippen LogP contribution is -2.50. The van der Waals surface area contributed by atoms with E-state index in [9.17, 15) is 9.59 Å². The minimum absolute atomic E-state index is 0.0662. The van der Waals surface area contributed by atoms with Crippen LogP contribution in [0.15, 0.2) is 24.7 Å². The fourth-order valence-electron chi connectivity index (χ4n) is 3.88. The van der Waals surface area contributed by atoms with Gasteiger partial charge >= 0.3 is 0 Å². The molecule has 0 atom stereocenters. The number of carbonyl (C=O) groups excluding carboxylic acids is 2. The van der Waals surface area contributed by atoms with E-state index < -0.39 is 0 Å². The average molecular weight is 382 g/mol. The maximum Gasteiger partial charge on any atom is 0.289 e. The van der Waals surface area contributed by atoms with Crippen molar-refractivity contribution < 1.29 is 9.59 Å². The Morgan fingerprint density at radius 3 is 2.61 bits per heavy atom. The van der Waals surface area contributed by atoms with Crippen LogP contribution in [0.5, 0.6) is 0 Å². The molecule has 2 fully saturated rings. The number of rotatable bonds is 7. The Kier molecular flexibility index (Phi) is 5.36.